The highest BCUT2D eigenvalue weighted by Gasteiger charge is 2.25. The average Bonchev–Trinajstić information content (AvgIpc) is 2.90. The fourth-order valence-corrected chi connectivity index (χ4v) is 2.57. The molecule has 20 heavy (non-hydrogen) atoms. The summed E-state index contributed by atoms with van der Waals surface area (Å²) in [7, 11) is 1.63. The van der Waals surface area contributed by atoms with Crippen LogP contribution in [0.15, 0.2) is 42.5 Å². The van der Waals surface area contributed by atoms with Crippen LogP contribution >= 0.6 is 0 Å². The van der Waals surface area contributed by atoms with E-state index in [9.17, 15) is 10.1 Å². The van der Waals surface area contributed by atoms with Gasteiger partial charge in [-0.15, -0.1) is 0 Å². The molecule has 1 atom stereocenters. The lowest BCUT2D eigenvalue weighted by atomic mass is 9.93. The van der Waals surface area contributed by atoms with Gasteiger partial charge >= 0.3 is 0 Å². The van der Waals surface area contributed by atoms with Gasteiger partial charge in [-0.25, -0.2) is 0 Å². The molecule has 102 valence electrons. The van der Waals surface area contributed by atoms with Crippen LogP contribution in [0.25, 0.3) is 0 Å². The maximum atomic E-state index is 10.9. The Bertz CT molecular complexity index is 653. The number of nitrogens with zero attached hydrogens (tertiary/aromatic N) is 1. The summed E-state index contributed by atoms with van der Waals surface area (Å²) in [6.45, 7) is 0.753. The third-order valence-corrected chi connectivity index (χ3v) is 3.64. The fourth-order valence-electron chi connectivity index (χ4n) is 2.57. The number of hydrogen-bond donors (Lipinski definition) is 1. The Labute approximate surface area is 116 Å². The Hall–Kier alpha value is -2.56. The van der Waals surface area contributed by atoms with Crippen molar-refractivity contribution in [1.82, 2.24) is 0 Å². The Morgan fingerprint density at radius 3 is 2.65 bits per heavy atom. The molecule has 1 aliphatic heterocycles. The van der Waals surface area contributed by atoms with E-state index in [4.69, 9.17) is 4.74 Å². The lowest BCUT2D eigenvalue weighted by Crippen LogP contribution is -2.03. The van der Waals surface area contributed by atoms with Crippen molar-refractivity contribution < 1.29 is 9.66 Å². The first kappa shape index (κ1) is 12.5. The van der Waals surface area contributed by atoms with Gasteiger partial charge < -0.3 is 10.1 Å². The highest BCUT2D eigenvalue weighted by Crippen LogP contribution is 2.38. The van der Waals surface area contributed by atoms with E-state index in [-0.39, 0.29) is 16.5 Å². The predicted octanol–water partition coefficient (Wildman–Crippen LogP) is 3.16. The van der Waals surface area contributed by atoms with Crippen molar-refractivity contribution >= 4 is 11.4 Å². The molecule has 0 aliphatic carbocycles. The summed E-state index contributed by atoms with van der Waals surface area (Å²) in [6, 6.07) is 12.8. The Morgan fingerprint density at radius 1 is 1.25 bits per heavy atom. The number of nitro benzene ring substituents is 1. The second-order valence-corrected chi connectivity index (χ2v) is 4.74. The summed E-state index contributed by atoms with van der Waals surface area (Å²) >= 11 is 0. The molecular formula is C15H14N2O3. The summed E-state index contributed by atoms with van der Waals surface area (Å²) in [6.07, 6.45) is 0. The van der Waals surface area contributed by atoms with E-state index in [1.165, 1.54) is 6.07 Å². The zero-order chi connectivity index (χ0) is 14.1. The Balaban J connectivity index is 1.98. The number of methoxy groups -OCH3 is 1. The quantitative estimate of drug-likeness (QED) is 0.687. The molecule has 1 heterocycles. The maximum Gasteiger partial charge on any atom is 0.269 e. The number of nitrogens with one attached hydrogen (secondary N) is 1. The van der Waals surface area contributed by atoms with Gasteiger partial charge in [0.05, 0.1) is 12.0 Å². The van der Waals surface area contributed by atoms with Gasteiger partial charge in [0, 0.05) is 30.3 Å². The molecule has 0 amide bonds. The minimum Gasteiger partial charge on any atom is -0.497 e. The summed E-state index contributed by atoms with van der Waals surface area (Å²) in [4.78, 5) is 10.5. The van der Waals surface area contributed by atoms with Crippen LogP contribution in [0.4, 0.5) is 11.4 Å². The molecule has 1 unspecified atom stereocenters. The molecule has 1 N–H and O–H groups in total. The predicted molar refractivity (Wildman–Crippen MR) is 76.4 cm³/mol. The van der Waals surface area contributed by atoms with Crippen LogP contribution in [0.5, 0.6) is 5.75 Å². The van der Waals surface area contributed by atoms with Gasteiger partial charge in [0.2, 0.25) is 0 Å². The van der Waals surface area contributed by atoms with E-state index in [1.54, 1.807) is 19.2 Å². The first-order valence-electron chi connectivity index (χ1n) is 6.35. The summed E-state index contributed by atoms with van der Waals surface area (Å²) in [5, 5.41) is 14.2. The number of hydrogen-bond acceptors (Lipinski definition) is 4. The first-order chi connectivity index (χ1) is 9.69. The van der Waals surface area contributed by atoms with Crippen molar-refractivity contribution in [2.45, 2.75) is 5.92 Å². The number of nitro groups is 1. The molecular weight excluding hydrogens is 256 g/mol. The fraction of sp³-hybridized carbons (Fsp3) is 0.200. The van der Waals surface area contributed by atoms with Crippen molar-refractivity contribution in [3.05, 3.63) is 63.7 Å². The number of non-ortho nitro benzene ring substituents is 1. The number of anilines is 1. The van der Waals surface area contributed by atoms with Crippen molar-refractivity contribution in [2.24, 2.45) is 0 Å². The normalized spacial score (nSPS) is 16.4. The van der Waals surface area contributed by atoms with E-state index >= 15 is 0 Å². The van der Waals surface area contributed by atoms with Gasteiger partial charge in [0.25, 0.3) is 5.69 Å². The Morgan fingerprint density at radius 2 is 2.00 bits per heavy atom. The van der Waals surface area contributed by atoms with Crippen molar-refractivity contribution in [3.63, 3.8) is 0 Å². The highest BCUT2D eigenvalue weighted by atomic mass is 16.6. The molecule has 5 nitrogen and oxygen atoms in total. The number of ether oxygens (including phenoxy) is 1. The topological polar surface area (TPSA) is 64.4 Å². The molecule has 0 radical (unpaired) electrons. The summed E-state index contributed by atoms with van der Waals surface area (Å²) < 4.78 is 5.15. The third-order valence-electron chi connectivity index (χ3n) is 3.64. The molecule has 0 aromatic heterocycles. The standard InChI is InChI=1S/C15H14N2O3/c1-20-12-5-2-10(3-6-12)14-9-16-15-7-4-11(17(18)19)8-13(14)15/h2-8,14,16H,9H2,1H3. The van der Waals surface area contributed by atoms with Crippen molar-refractivity contribution in [3.8, 4) is 5.75 Å². The molecule has 2 aromatic rings. The van der Waals surface area contributed by atoms with Gasteiger partial charge in [0.1, 0.15) is 5.75 Å². The minimum absolute atomic E-state index is 0.131. The summed E-state index contributed by atoms with van der Waals surface area (Å²) in [5.74, 6) is 0.940. The molecule has 2 aromatic carbocycles. The Kier molecular flexibility index (Phi) is 3.02. The maximum absolute atomic E-state index is 10.9. The van der Waals surface area contributed by atoms with Crippen LogP contribution in [0.1, 0.15) is 17.0 Å². The smallest absolute Gasteiger partial charge is 0.269 e. The third kappa shape index (κ3) is 2.07. The van der Waals surface area contributed by atoms with E-state index in [0.717, 1.165) is 29.1 Å². The molecule has 0 spiro atoms. The zero-order valence-electron chi connectivity index (χ0n) is 11.0. The van der Waals surface area contributed by atoms with Gasteiger partial charge in [0.15, 0.2) is 0 Å². The van der Waals surface area contributed by atoms with Crippen LogP contribution in [0.3, 0.4) is 0 Å². The van der Waals surface area contributed by atoms with Crippen LogP contribution < -0.4 is 10.1 Å². The van der Waals surface area contributed by atoms with E-state index in [0.29, 0.717) is 0 Å². The van der Waals surface area contributed by atoms with Gasteiger partial charge in [-0.2, -0.15) is 0 Å². The van der Waals surface area contributed by atoms with E-state index in [2.05, 4.69) is 5.32 Å². The van der Waals surface area contributed by atoms with Crippen molar-refractivity contribution in [2.75, 3.05) is 19.0 Å². The number of benzene rings is 2. The lowest BCUT2D eigenvalue weighted by molar-refractivity contribution is -0.384. The first-order valence-corrected chi connectivity index (χ1v) is 6.35. The SMILES string of the molecule is COc1ccc(C2CNc3ccc([N+](=O)[O-])cc32)cc1. The van der Waals surface area contributed by atoms with E-state index in [1.807, 2.05) is 24.3 Å². The van der Waals surface area contributed by atoms with Crippen LogP contribution in [0.2, 0.25) is 0 Å². The van der Waals surface area contributed by atoms with Gasteiger partial charge in [-0.05, 0) is 29.3 Å². The highest BCUT2D eigenvalue weighted by molar-refractivity contribution is 5.64. The second-order valence-electron chi connectivity index (χ2n) is 4.74. The molecule has 0 bridgehead atoms. The largest absolute Gasteiger partial charge is 0.497 e. The number of rotatable bonds is 3. The molecule has 0 saturated carbocycles. The monoisotopic (exact) mass is 270 g/mol. The van der Waals surface area contributed by atoms with Gasteiger partial charge in [-0.3, -0.25) is 10.1 Å². The van der Waals surface area contributed by atoms with Crippen LogP contribution in [-0.4, -0.2) is 18.6 Å². The second kappa shape index (κ2) is 4.85. The lowest BCUT2D eigenvalue weighted by Gasteiger charge is -2.11. The summed E-state index contributed by atoms with van der Waals surface area (Å²) in [5.41, 5.74) is 3.20. The molecule has 5 heteroatoms. The zero-order valence-corrected chi connectivity index (χ0v) is 11.0. The molecule has 3 rings (SSSR count). The molecule has 0 fully saturated rings. The molecule has 1 aliphatic rings. The van der Waals surface area contributed by atoms with E-state index < -0.39 is 0 Å². The average molecular weight is 270 g/mol. The van der Waals surface area contributed by atoms with Crippen LogP contribution in [0, 0.1) is 10.1 Å². The number of fused-ring (bicyclic) bond motifs is 1. The minimum atomic E-state index is -0.357. The molecule has 0 saturated heterocycles. The van der Waals surface area contributed by atoms with Crippen LogP contribution in [-0.2, 0) is 0 Å². The van der Waals surface area contributed by atoms with Crippen molar-refractivity contribution in [1.29, 1.82) is 0 Å². The van der Waals surface area contributed by atoms with Gasteiger partial charge in [-0.1, -0.05) is 12.1 Å².